The van der Waals surface area contributed by atoms with Crippen LogP contribution in [-0.4, -0.2) is 10.2 Å². The number of aryl methyl sites for hydroxylation is 1. The number of aromatic nitrogens is 2. The lowest BCUT2D eigenvalue weighted by molar-refractivity contribution is 0.988. The summed E-state index contributed by atoms with van der Waals surface area (Å²) in [6, 6.07) is 5.75. The third kappa shape index (κ3) is 1.90. The molecule has 0 aliphatic rings. The Hall–Kier alpha value is -1.02. The van der Waals surface area contributed by atoms with Gasteiger partial charge in [-0.25, -0.2) is 0 Å². The number of H-pyrrole nitrogens is 1. The zero-order valence-electron chi connectivity index (χ0n) is 8.76. The van der Waals surface area contributed by atoms with Gasteiger partial charge in [0.25, 0.3) is 0 Å². The molecule has 2 aromatic rings. The van der Waals surface area contributed by atoms with Crippen LogP contribution in [0, 0.1) is 0 Å². The second-order valence-corrected chi connectivity index (χ2v) is 3.10. The summed E-state index contributed by atoms with van der Waals surface area (Å²) in [4.78, 5) is 0. The number of nitrogens with one attached hydrogen (secondary N) is 1. The quantitative estimate of drug-likeness (QED) is 0.762. The Morgan fingerprint density at radius 1 is 1.36 bits per heavy atom. The third-order valence-electron chi connectivity index (χ3n) is 1.96. The number of benzene rings is 1. The summed E-state index contributed by atoms with van der Waals surface area (Å²) in [7, 11) is 0. The van der Waals surface area contributed by atoms with Gasteiger partial charge in [-0.05, 0) is 18.6 Å². The lowest BCUT2D eigenvalue weighted by Gasteiger charge is -1.94. The van der Waals surface area contributed by atoms with Crippen molar-refractivity contribution < 1.29 is 0 Å². The average Bonchev–Trinajstić information content (AvgIpc) is 2.65. The maximum absolute atomic E-state index is 6.02. The van der Waals surface area contributed by atoms with Gasteiger partial charge < -0.3 is 0 Å². The van der Waals surface area contributed by atoms with Crippen molar-refractivity contribution >= 4 is 22.5 Å². The van der Waals surface area contributed by atoms with Crippen LogP contribution in [0.4, 0.5) is 0 Å². The van der Waals surface area contributed by atoms with E-state index in [1.165, 1.54) is 0 Å². The van der Waals surface area contributed by atoms with Crippen LogP contribution in [0.5, 0.6) is 0 Å². The summed E-state index contributed by atoms with van der Waals surface area (Å²) in [6.45, 7) is 6.08. The molecule has 0 aliphatic carbocycles. The number of halogens is 1. The van der Waals surface area contributed by atoms with E-state index in [2.05, 4.69) is 17.1 Å². The second kappa shape index (κ2) is 5.01. The summed E-state index contributed by atoms with van der Waals surface area (Å²) in [6.07, 6.45) is 0.931. The normalized spacial score (nSPS) is 9.71. The van der Waals surface area contributed by atoms with Crippen LogP contribution in [0.1, 0.15) is 26.5 Å². The molecular weight excluding hydrogens is 196 g/mol. The van der Waals surface area contributed by atoms with Crippen LogP contribution in [0.3, 0.4) is 0 Å². The minimum atomic E-state index is 0.776. The molecule has 2 nitrogen and oxygen atoms in total. The summed E-state index contributed by atoms with van der Waals surface area (Å²) >= 11 is 6.02. The van der Waals surface area contributed by atoms with E-state index in [1.807, 2.05) is 32.0 Å². The minimum Gasteiger partial charge on any atom is -0.281 e. The molecule has 14 heavy (non-hydrogen) atoms. The van der Waals surface area contributed by atoms with Gasteiger partial charge >= 0.3 is 0 Å². The predicted molar refractivity (Wildman–Crippen MR) is 61.8 cm³/mol. The number of nitrogens with zero attached hydrogens (tertiary/aromatic N) is 1. The molecule has 3 heteroatoms. The molecule has 0 saturated heterocycles. The van der Waals surface area contributed by atoms with Crippen LogP contribution in [-0.2, 0) is 6.42 Å². The van der Waals surface area contributed by atoms with Crippen molar-refractivity contribution in [1.29, 1.82) is 0 Å². The number of rotatable bonds is 1. The Kier molecular flexibility index (Phi) is 3.96. The van der Waals surface area contributed by atoms with E-state index in [0.29, 0.717) is 0 Å². The van der Waals surface area contributed by atoms with Crippen LogP contribution in [0.2, 0.25) is 5.02 Å². The second-order valence-electron chi connectivity index (χ2n) is 2.69. The van der Waals surface area contributed by atoms with Crippen molar-refractivity contribution in [3.63, 3.8) is 0 Å². The first-order valence-electron chi connectivity index (χ1n) is 4.94. The van der Waals surface area contributed by atoms with E-state index < -0.39 is 0 Å². The zero-order chi connectivity index (χ0) is 10.6. The van der Waals surface area contributed by atoms with Gasteiger partial charge in [-0.3, -0.25) is 5.10 Å². The summed E-state index contributed by atoms with van der Waals surface area (Å²) in [5, 5.41) is 8.94. The lowest BCUT2D eigenvalue weighted by atomic mass is 10.2. The summed E-state index contributed by atoms with van der Waals surface area (Å²) < 4.78 is 0. The molecule has 0 spiro atoms. The number of hydrogen-bond acceptors (Lipinski definition) is 1. The number of aromatic amines is 1. The lowest BCUT2D eigenvalue weighted by Crippen LogP contribution is -1.79. The smallest absolute Gasteiger partial charge is 0.0938 e. The zero-order valence-corrected chi connectivity index (χ0v) is 9.52. The standard InChI is InChI=1S/C9H9ClN2.C2H6/c1-2-7-9-6(10)4-3-5-8(9)12-11-7;1-2/h3-5H,2H2,1H3,(H,11,12);1-2H3. The molecule has 2 rings (SSSR count). The molecular formula is C11H15ClN2. The van der Waals surface area contributed by atoms with Crippen LogP contribution >= 0.6 is 11.6 Å². The first-order chi connectivity index (χ1) is 6.83. The topological polar surface area (TPSA) is 28.7 Å². The summed E-state index contributed by atoms with van der Waals surface area (Å²) in [5.41, 5.74) is 2.05. The van der Waals surface area contributed by atoms with Gasteiger partial charge in [0.05, 0.1) is 10.5 Å². The first-order valence-corrected chi connectivity index (χ1v) is 5.32. The van der Waals surface area contributed by atoms with Crippen molar-refractivity contribution in [2.75, 3.05) is 0 Å². The maximum atomic E-state index is 6.02. The van der Waals surface area contributed by atoms with Gasteiger partial charge in [-0.2, -0.15) is 5.10 Å². The molecule has 0 radical (unpaired) electrons. The fourth-order valence-corrected chi connectivity index (χ4v) is 1.63. The van der Waals surface area contributed by atoms with Crippen molar-refractivity contribution in [2.24, 2.45) is 0 Å². The van der Waals surface area contributed by atoms with Gasteiger partial charge in [0.1, 0.15) is 0 Å². The monoisotopic (exact) mass is 210 g/mol. The molecule has 0 fully saturated rings. The van der Waals surface area contributed by atoms with E-state index in [-0.39, 0.29) is 0 Å². The molecule has 0 unspecified atom stereocenters. The Morgan fingerprint density at radius 3 is 2.71 bits per heavy atom. The van der Waals surface area contributed by atoms with Gasteiger partial charge in [0.15, 0.2) is 0 Å². The van der Waals surface area contributed by atoms with Crippen LogP contribution < -0.4 is 0 Å². The summed E-state index contributed by atoms with van der Waals surface area (Å²) in [5.74, 6) is 0. The highest BCUT2D eigenvalue weighted by Gasteiger charge is 2.05. The SMILES string of the molecule is CC.CCc1[nH]nc2cccc(Cl)c12. The van der Waals surface area contributed by atoms with Crippen LogP contribution in [0.25, 0.3) is 10.9 Å². The average molecular weight is 211 g/mol. The molecule has 1 heterocycles. The number of fused-ring (bicyclic) bond motifs is 1. The maximum Gasteiger partial charge on any atom is 0.0938 e. The fourth-order valence-electron chi connectivity index (χ4n) is 1.34. The molecule has 0 atom stereocenters. The van der Waals surface area contributed by atoms with Crippen molar-refractivity contribution in [3.05, 3.63) is 28.9 Å². The van der Waals surface area contributed by atoms with E-state index in [4.69, 9.17) is 11.6 Å². The van der Waals surface area contributed by atoms with Crippen LogP contribution in [0.15, 0.2) is 18.2 Å². The third-order valence-corrected chi connectivity index (χ3v) is 2.27. The van der Waals surface area contributed by atoms with Crippen molar-refractivity contribution in [2.45, 2.75) is 27.2 Å². The molecule has 0 saturated carbocycles. The Morgan fingerprint density at radius 2 is 2.07 bits per heavy atom. The van der Waals surface area contributed by atoms with E-state index in [0.717, 1.165) is 28.0 Å². The molecule has 1 N–H and O–H groups in total. The van der Waals surface area contributed by atoms with Gasteiger partial charge in [0.2, 0.25) is 0 Å². The largest absolute Gasteiger partial charge is 0.281 e. The Labute approximate surface area is 89.3 Å². The van der Waals surface area contributed by atoms with Crippen molar-refractivity contribution in [1.82, 2.24) is 10.2 Å². The van der Waals surface area contributed by atoms with Gasteiger partial charge in [-0.15, -0.1) is 0 Å². The van der Waals surface area contributed by atoms with E-state index >= 15 is 0 Å². The first kappa shape index (κ1) is 11.1. The highest BCUT2D eigenvalue weighted by atomic mass is 35.5. The fraction of sp³-hybridized carbons (Fsp3) is 0.364. The molecule has 0 amide bonds. The van der Waals surface area contributed by atoms with E-state index in [1.54, 1.807) is 0 Å². The highest BCUT2D eigenvalue weighted by molar-refractivity contribution is 6.35. The molecule has 1 aromatic heterocycles. The molecule has 1 aromatic carbocycles. The molecule has 76 valence electrons. The number of hydrogen-bond donors (Lipinski definition) is 1. The predicted octanol–water partition coefficient (Wildman–Crippen LogP) is 3.80. The highest BCUT2D eigenvalue weighted by Crippen LogP contribution is 2.24. The Balaban J connectivity index is 0.000000461. The van der Waals surface area contributed by atoms with E-state index in [9.17, 15) is 0 Å². The minimum absolute atomic E-state index is 0.776. The Bertz CT molecular complexity index is 407. The van der Waals surface area contributed by atoms with Gasteiger partial charge in [-0.1, -0.05) is 38.4 Å². The molecule has 0 aliphatic heterocycles. The molecule has 0 bridgehead atoms. The van der Waals surface area contributed by atoms with Crippen molar-refractivity contribution in [3.8, 4) is 0 Å². The van der Waals surface area contributed by atoms with Gasteiger partial charge in [0, 0.05) is 11.1 Å².